The Morgan fingerprint density at radius 1 is 1.17 bits per heavy atom. The molecule has 0 amide bonds. The van der Waals surface area contributed by atoms with Crippen molar-refractivity contribution in [2.75, 3.05) is 12.4 Å². The van der Waals surface area contributed by atoms with E-state index >= 15 is 0 Å². The minimum atomic E-state index is -0.578. The Labute approximate surface area is 214 Å². The quantitative estimate of drug-likeness (QED) is 0.322. The number of phenols is 1. The molecule has 1 atom stereocenters. The summed E-state index contributed by atoms with van der Waals surface area (Å²) in [5, 5.41) is 18.8. The highest BCUT2D eigenvalue weighted by atomic mass is 32.2. The number of methoxy groups -OCH3 is 1. The van der Waals surface area contributed by atoms with E-state index in [4.69, 9.17) is 19.6 Å². The predicted molar refractivity (Wildman–Crippen MR) is 138 cm³/mol. The smallest absolute Gasteiger partial charge is 0.338 e. The molecule has 5 rings (SSSR count). The Balaban J connectivity index is 1.49. The lowest BCUT2D eigenvalue weighted by molar-refractivity contribution is -0.146. The van der Waals surface area contributed by atoms with Gasteiger partial charge in [0.2, 0.25) is 11.1 Å². The van der Waals surface area contributed by atoms with Crippen LogP contribution in [0.2, 0.25) is 0 Å². The number of allylic oxidation sites excluding steroid dienone is 1. The van der Waals surface area contributed by atoms with Gasteiger partial charge in [0.1, 0.15) is 12.1 Å². The van der Waals surface area contributed by atoms with Gasteiger partial charge in [0.05, 0.1) is 12.7 Å². The first-order valence-corrected chi connectivity index (χ1v) is 13.2. The maximum absolute atomic E-state index is 13.5. The molecule has 2 aromatic carbocycles. The number of ether oxygens (including phenoxy) is 2. The molecule has 8 nitrogen and oxygen atoms in total. The Morgan fingerprint density at radius 3 is 2.69 bits per heavy atom. The van der Waals surface area contributed by atoms with Crippen LogP contribution >= 0.6 is 11.8 Å². The molecule has 36 heavy (non-hydrogen) atoms. The summed E-state index contributed by atoms with van der Waals surface area (Å²) in [7, 11) is 1.50. The summed E-state index contributed by atoms with van der Waals surface area (Å²) in [6.45, 7) is 1.86. The first-order chi connectivity index (χ1) is 17.5. The lowest BCUT2D eigenvalue weighted by Gasteiger charge is -2.30. The zero-order chi connectivity index (χ0) is 25.1. The van der Waals surface area contributed by atoms with Crippen LogP contribution in [-0.2, 0) is 15.3 Å². The highest BCUT2D eigenvalue weighted by Gasteiger charge is 2.36. The number of anilines is 1. The summed E-state index contributed by atoms with van der Waals surface area (Å²) < 4.78 is 13.1. The van der Waals surface area contributed by atoms with Gasteiger partial charge < -0.3 is 19.9 Å². The Hall–Kier alpha value is -3.46. The summed E-state index contributed by atoms with van der Waals surface area (Å²) >= 11 is 1.53. The number of nitrogens with zero attached hydrogens (tertiary/aromatic N) is 3. The molecule has 1 aliphatic carbocycles. The normalized spacial score (nSPS) is 17.9. The van der Waals surface area contributed by atoms with Gasteiger partial charge in [0, 0.05) is 11.4 Å². The van der Waals surface area contributed by atoms with Gasteiger partial charge in [0.15, 0.2) is 11.5 Å². The number of rotatable bonds is 7. The Morgan fingerprint density at radius 2 is 1.94 bits per heavy atom. The van der Waals surface area contributed by atoms with E-state index in [1.165, 1.54) is 30.9 Å². The van der Waals surface area contributed by atoms with Crippen LogP contribution in [0.4, 0.5) is 5.95 Å². The van der Waals surface area contributed by atoms with Gasteiger partial charge in [-0.05, 0) is 55.9 Å². The van der Waals surface area contributed by atoms with Crippen molar-refractivity contribution in [2.24, 2.45) is 0 Å². The Bertz CT molecular complexity index is 1270. The number of aromatic nitrogens is 3. The molecular weight excluding hydrogens is 476 g/mol. The monoisotopic (exact) mass is 506 g/mol. The third-order valence-electron chi connectivity index (χ3n) is 6.61. The molecule has 2 N–H and O–H groups in total. The van der Waals surface area contributed by atoms with Crippen molar-refractivity contribution in [3.63, 3.8) is 0 Å². The molecule has 1 saturated carbocycles. The number of benzene rings is 2. The van der Waals surface area contributed by atoms with Gasteiger partial charge >= 0.3 is 5.97 Å². The van der Waals surface area contributed by atoms with Gasteiger partial charge in [-0.3, -0.25) is 0 Å². The molecule has 188 valence electrons. The fraction of sp³-hybridized carbons (Fsp3) is 0.370. The molecule has 0 spiro atoms. The third-order valence-corrected chi connectivity index (χ3v) is 7.52. The second-order valence-corrected chi connectivity index (χ2v) is 10.0. The summed E-state index contributed by atoms with van der Waals surface area (Å²) in [6, 6.07) is 14.6. The predicted octanol–water partition coefficient (Wildman–Crippen LogP) is 5.45. The molecule has 0 bridgehead atoms. The molecular formula is C27H30N4O4S. The molecule has 2 heterocycles. The number of aromatic hydroxyl groups is 1. The number of thioether (sulfide) groups is 1. The molecule has 1 unspecified atom stereocenters. The van der Waals surface area contributed by atoms with Crippen LogP contribution < -0.4 is 10.1 Å². The van der Waals surface area contributed by atoms with Crippen molar-refractivity contribution in [2.45, 2.75) is 62.1 Å². The van der Waals surface area contributed by atoms with E-state index in [2.05, 4.69) is 17.4 Å². The van der Waals surface area contributed by atoms with Crippen molar-refractivity contribution >= 4 is 23.7 Å². The molecule has 9 heteroatoms. The Kier molecular flexibility index (Phi) is 7.18. The number of hydrogen-bond donors (Lipinski definition) is 2. The zero-order valence-corrected chi connectivity index (χ0v) is 21.3. The highest BCUT2D eigenvalue weighted by molar-refractivity contribution is 7.98. The largest absolute Gasteiger partial charge is 0.504 e. The van der Waals surface area contributed by atoms with E-state index in [-0.39, 0.29) is 17.8 Å². The lowest BCUT2D eigenvalue weighted by atomic mass is 9.94. The SMILES string of the molecule is COc1cc(C2C(C(=O)OC3CCCCC3)=C(C)Nc3nc(SCc4ccccc4)nn32)ccc1O. The van der Waals surface area contributed by atoms with Gasteiger partial charge in [-0.25, -0.2) is 9.48 Å². The van der Waals surface area contributed by atoms with E-state index in [1.807, 2.05) is 25.1 Å². The van der Waals surface area contributed by atoms with Crippen molar-refractivity contribution in [1.29, 1.82) is 0 Å². The number of carbonyl (C=O) groups is 1. The van der Waals surface area contributed by atoms with E-state index in [0.717, 1.165) is 37.0 Å². The second kappa shape index (κ2) is 10.7. The van der Waals surface area contributed by atoms with Gasteiger partial charge in [-0.15, -0.1) is 5.10 Å². The fourth-order valence-electron chi connectivity index (χ4n) is 4.75. The maximum atomic E-state index is 13.5. The fourth-order valence-corrected chi connectivity index (χ4v) is 5.53. The molecule has 0 saturated heterocycles. The third kappa shape index (κ3) is 5.06. The first kappa shape index (κ1) is 24.2. The van der Waals surface area contributed by atoms with Gasteiger partial charge in [-0.1, -0.05) is 54.6 Å². The van der Waals surface area contributed by atoms with E-state index < -0.39 is 6.04 Å². The maximum Gasteiger partial charge on any atom is 0.338 e. The van der Waals surface area contributed by atoms with Gasteiger partial charge in [0.25, 0.3) is 0 Å². The van der Waals surface area contributed by atoms with Crippen LogP contribution in [0.1, 0.15) is 56.2 Å². The van der Waals surface area contributed by atoms with Crippen LogP contribution in [-0.4, -0.2) is 39.1 Å². The molecule has 0 radical (unpaired) electrons. The standard InChI is InChI=1S/C27H30N4O4S/c1-17-23(25(33)35-20-11-7-4-8-12-20)24(19-13-14-21(32)22(15-19)34-2)31-26(28-17)29-27(30-31)36-16-18-9-5-3-6-10-18/h3,5-6,9-10,13-15,20,24,32H,4,7-8,11-12,16H2,1-2H3,(H,28,29,30). The summed E-state index contributed by atoms with van der Waals surface area (Å²) in [5.41, 5.74) is 3.07. The topological polar surface area (TPSA) is 98.5 Å². The minimum absolute atomic E-state index is 0.0279. The van der Waals surface area contributed by atoms with E-state index in [1.54, 1.807) is 22.9 Å². The molecule has 1 aliphatic heterocycles. The van der Waals surface area contributed by atoms with Crippen LogP contribution in [0, 0.1) is 0 Å². The number of phenolic OH excluding ortho intramolecular Hbond substituents is 1. The van der Waals surface area contributed by atoms with Crippen molar-refractivity contribution in [1.82, 2.24) is 14.8 Å². The lowest BCUT2D eigenvalue weighted by Crippen LogP contribution is -2.32. The number of esters is 1. The van der Waals surface area contributed by atoms with Crippen molar-refractivity contribution in [3.8, 4) is 11.5 Å². The summed E-state index contributed by atoms with van der Waals surface area (Å²) in [5.74, 6) is 1.27. The van der Waals surface area contributed by atoms with Crippen LogP contribution in [0.15, 0.2) is 65.0 Å². The zero-order valence-electron chi connectivity index (χ0n) is 20.4. The highest BCUT2D eigenvalue weighted by Crippen LogP contribution is 2.40. The van der Waals surface area contributed by atoms with E-state index in [0.29, 0.717) is 28.1 Å². The second-order valence-electron chi connectivity index (χ2n) is 9.10. The van der Waals surface area contributed by atoms with Crippen molar-refractivity contribution < 1.29 is 19.4 Å². The van der Waals surface area contributed by atoms with Crippen LogP contribution in [0.5, 0.6) is 11.5 Å². The van der Waals surface area contributed by atoms with Crippen LogP contribution in [0.3, 0.4) is 0 Å². The number of hydrogen-bond acceptors (Lipinski definition) is 8. The molecule has 1 fully saturated rings. The average molecular weight is 507 g/mol. The molecule has 1 aromatic heterocycles. The van der Waals surface area contributed by atoms with Crippen LogP contribution in [0.25, 0.3) is 0 Å². The number of carbonyl (C=O) groups excluding carboxylic acids is 1. The van der Waals surface area contributed by atoms with Crippen molar-refractivity contribution in [3.05, 3.63) is 70.9 Å². The van der Waals surface area contributed by atoms with Gasteiger partial charge in [-0.2, -0.15) is 4.98 Å². The average Bonchev–Trinajstić information content (AvgIpc) is 3.30. The number of nitrogens with one attached hydrogen (secondary N) is 1. The summed E-state index contributed by atoms with van der Waals surface area (Å²) in [6.07, 6.45) is 5.02. The van der Waals surface area contributed by atoms with E-state index in [9.17, 15) is 9.90 Å². The number of fused-ring (bicyclic) bond motifs is 1. The molecule has 3 aromatic rings. The molecule has 2 aliphatic rings. The minimum Gasteiger partial charge on any atom is -0.504 e. The first-order valence-electron chi connectivity index (χ1n) is 12.2. The summed E-state index contributed by atoms with van der Waals surface area (Å²) in [4.78, 5) is 18.2.